The summed E-state index contributed by atoms with van der Waals surface area (Å²) in [5.74, 6) is 0.573. The van der Waals surface area contributed by atoms with Gasteiger partial charge in [-0.1, -0.05) is 0 Å². The average Bonchev–Trinajstić information content (AvgIpc) is 2.98. The molecule has 1 amide bonds. The Kier molecular flexibility index (Phi) is 3.93. The molecular weight excluding hydrogens is 290 g/mol. The lowest BCUT2D eigenvalue weighted by atomic mass is 10.1. The van der Waals surface area contributed by atoms with E-state index in [2.05, 4.69) is 10.3 Å². The fourth-order valence-corrected chi connectivity index (χ4v) is 2.46. The van der Waals surface area contributed by atoms with Crippen LogP contribution in [0.5, 0.6) is 5.75 Å². The Balaban J connectivity index is 1.85. The summed E-state index contributed by atoms with van der Waals surface area (Å²) in [7, 11) is 5.57. The molecule has 3 aromatic rings. The lowest BCUT2D eigenvalue weighted by molar-refractivity contribution is 0.102. The highest BCUT2D eigenvalue weighted by Gasteiger charge is 2.13. The Morgan fingerprint density at radius 1 is 1.13 bits per heavy atom. The summed E-state index contributed by atoms with van der Waals surface area (Å²) in [5, 5.41) is 3.76. The van der Waals surface area contributed by atoms with Gasteiger partial charge in [-0.15, -0.1) is 0 Å². The molecule has 0 saturated carbocycles. The number of hydrogen-bond donors (Lipinski definition) is 2. The number of nitrogens with zero attached hydrogens (tertiary/aromatic N) is 1. The summed E-state index contributed by atoms with van der Waals surface area (Å²) in [4.78, 5) is 17.6. The van der Waals surface area contributed by atoms with Gasteiger partial charge in [0.25, 0.3) is 5.91 Å². The highest BCUT2D eigenvalue weighted by molar-refractivity contribution is 6.13. The van der Waals surface area contributed by atoms with Crippen LogP contribution in [-0.2, 0) is 0 Å². The summed E-state index contributed by atoms with van der Waals surface area (Å²) in [6.45, 7) is 0. The topological polar surface area (TPSA) is 57.4 Å². The number of hydrogen-bond acceptors (Lipinski definition) is 3. The molecule has 0 aliphatic rings. The van der Waals surface area contributed by atoms with E-state index in [1.54, 1.807) is 13.3 Å². The van der Waals surface area contributed by atoms with Crippen molar-refractivity contribution in [2.24, 2.45) is 0 Å². The average molecular weight is 309 g/mol. The zero-order valence-corrected chi connectivity index (χ0v) is 13.4. The Morgan fingerprint density at radius 3 is 2.52 bits per heavy atom. The molecule has 0 aliphatic heterocycles. The SMILES string of the molecule is COc1ccc2[nH]cc(C(=O)Nc3ccc(N(C)C)cc3)c2c1. The number of carbonyl (C=O) groups is 1. The minimum Gasteiger partial charge on any atom is -0.497 e. The number of carbonyl (C=O) groups excluding carboxylic acids is 1. The van der Waals surface area contributed by atoms with Crippen molar-refractivity contribution >= 4 is 28.2 Å². The first kappa shape index (κ1) is 15.0. The van der Waals surface area contributed by atoms with Crippen LogP contribution in [-0.4, -0.2) is 32.1 Å². The number of aromatic nitrogens is 1. The van der Waals surface area contributed by atoms with Crippen molar-refractivity contribution in [1.29, 1.82) is 0 Å². The summed E-state index contributed by atoms with van der Waals surface area (Å²) in [6.07, 6.45) is 1.72. The second-order valence-corrected chi connectivity index (χ2v) is 5.51. The van der Waals surface area contributed by atoms with Gasteiger partial charge in [0, 0.05) is 42.6 Å². The van der Waals surface area contributed by atoms with Gasteiger partial charge >= 0.3 is 0 Å². The monoisotopic (exact) mass is 309 g/mol. The number of fused-ring (bicyclic) bond motifs is 1. The first-order valence-corrected chi connectivity index (χ1v) is 7.32. The molecule has 2 aromatic carbocycles. The third-order valence-corrected chi connectivity index (χ3v) is 3.78. The maximum atomic E-state index is 12.5. The van der Waals surface area contributed by atoms with Crippen LogP contribution >= 0.6 is 0 Å². The molecule has 0 unspecified atom stereocenters. The maximum absolute atomic E-state index is 12.5. The van der Waals surface area contributed by atoms with E-state index in [0.717, 1.165) is 28.0 Å². The number of nitrogens with one attached hydrogen (secondary N) is 2. The van der Waals surface area contributed by atoms with Crippen LogP contribution in [0, 0.1) is 0 Å². The van der Waals surface area contributed by atoms with Crippen LogP contribution in [0.1, 0.15) is 10.4 Å². The number of methoxy groups -OCH3 is 1. The smallest absolute Gasteiger partial charge is 0.257 e. The van der Waals surface area contributed by atoms with Crippen LogP contribution in [0.25, 0.3) is 10.9 Å². The zero-order chi connectivity index (χ0) is 16.4. The Hall–Kier alpha value is -2.95. The molecule has 0 spiro atoms. The lowest BCUT2D eigenvalue weighted by Crippen LogP contribution is -2.12. The Labute approximate surface area is 134 Å². The van der Waals surface area contributed by atoms with Crippen molar-refractivity contribution in [2.75, 3.05) is 31.4 Å². The van der Waals surface area contributed by atoms with Gasteiger partial charge < -0.3 is 19.9 Å². The van der Waals surface area contributed by atoms with Crippen LogP contribution in [0.15, 0.2) is 48.7 Å². The molecule has 3 rings (SSSR count). The third-order valence-electron chi connectivity index (χ3n) is 3.78. The van der Waals surface area contributed by atoms with Gasteiger partial charge in [0.2, 0.25) is 0 Å². The molecule has 0 bridgehead atoms. The molecule has 0 radical (unpaired) electrons. The van der Waals surface area contributed by atoms with Gasteiger partial charge in [0.1, 0.15) is 5.75 Å². The Morgan fingerprint density at radius 2 is 1.87 bits per heavy atom. The van der Waals surface area contributed by atoms with Gasteiger partial charge in [0.15, 0.2) is 0 Å². The second-order valence-electron chi connectivity index (χ2n) is 5.51. The quantitative estimate of drug-likeness (QED) is 0.775. The summed E-state index contributed by atoms with van der Waals surface area (Å²) in [6, 6.07) is 13.3. The largest absolute Gasteiger partial charge is 0.497 e. The van der Waals surface area contributed by atoms with Crippen LogP contribution in [0.4, 0.5) is 11.4 Å². The van der Waals surface area contributed by atoms with Gasteiger partial charge in [0.05, 0.1) is 12.7 Å². The number of amides is 1. The van der Waals surface area contributed by atoms with E-state index in [4.69, 9.17) is 4.74 Å². The molecule has 0 atom stereocenters. The van der Waals surface area contributed by atoms with E-state index in [9.17, 15) is 4.79 Å². The standard InChI is InChI=1S/C18H19N3O2/c1-21(2)13-6-4-12(5-7-13)20-18(22)16-11-19-17-9-8-14(23-3)10-15(16)17/h4-11,19H,1-3H3,(H,20,22). The second kappa shape index (κ2) is 6.04. The van der Waals surface area contributed by atoms with E-state index < -0.39 is 0 Å². The number of rotatable bonds is 4. The number of aromatic amines is 1. The predicted molar refractivity (Wildman–Crippen MR) is 93.6 cm³/mol. The summed E-state index contributed by atoms with van der Waals surface area (Å²) >= 11 is 0. The fraction of sp³-hybridized carbons (Fsp3) is 0.167. The van der Waals surface area contributed by atoms with E-state index in [-0.39, 0.29) is 5.91 Å². The van der Waals surface area contributed by atoms with E-state index in [1.807, 2.05) is 61.5 Å². The van der Waals surface area contributed by atoms with E-state index in [0.29, 0.717) is 5.56 Å². The fourth-order valence-electron chi connectivity index (χ4n) is 2.46. The molecule has 0 fully saturated rings. The molecule has 1 heterocycles. The van der Waals surface area contributed by atoms with E-state index in [1.165, 1.54) is 0 Å². The van der Waals surface area contributed by atoms with Crippen molar-refractivity contribution in [1.82, 2.24) is 4.98 Å². The van der Waals surface area contributed by atoms with Crippen LogP contribution < -0.4 is 15.0 Å². The molecule has 0 saturated heterocycles. The predicted octanol–water partition coefficient (Wildman–Crippen LogP) is 3.49. The van der Waals surface area contributed by atoms with Crippen LogP contribution in [0.3, 0.4) is 0 Å². The highest BCUT2D eigenvalue weighted by atomic mass is 16.5. The molecular formula is C18H19N3O2. The lowest BCUT2D eigenvalue weighted by Gasteiger charge is -2.13. The Bertz CT molecular complexity index is 835. The van der Waals surface area contributed by atoms with Crippen molar-refractivity contribution in [3.63, 3.8) is 0 Å². The molecule has 23 heavy (non-hydrogen) atoms. The van der Waals surface area contributed by atoms with Crippen molar-refractivity contribution in [3.05, 3.63) is 54.2 Å². The van der Waals surface area contributed by atoms with Gasteiger partial charge in [-0.05, 0) is 42.5 Å². The summed E-state index contributed by atoms with van der Waals surface area (Å²) in [5.41, 5.74) is 3.34. The number of anilines is 2. The van der Waals surface area contributed by atoms with Crippen LogP contribution in [0.2, 0.25) is 0 Å². The minimum atomic E-state index is -0.151. The van der Waals surface area contributed by atoms with Crippen molar-refractivity contribution in [2.45, 2.75) is 0 Å². The normalized spacial score (nSPS) is 10.6. The van der Waals surface area contributed by atoms with Crippen molar-refractivity contribution < 1.29 is 9.53 Å². The molecule has 118 valence electrons. The molecule has 5 heteroatoms. The zero-order valence-electron chi connectivity index (χ0n) is 13.4. The third kappa shape index (κ3) is 2.99. The highest BCUT2D eigenvalue weighted by Crippen LogP contribution is 2.24. The molecule has 1 aromatic heterocycles. The minimum absolute atomic E-state index is 0.151. The molecule has 0 aliphatic carbocycles. The number of ether oxygens (including phenoxy) is 1. The van der Waals surface area contributed by atoms with E-state index >= 15 is 0 Å². The first-order valence-electron chi connectivity index (χ1n) is 7.32. The molecule has 5 nitrogen and oxygen atoms in total. The summed E-state index contributed by atoms with van der Waals surface area (Å²) < 4.78 is 5.23. The maximum Gasteiger partial charge on any atom is 0.257 e. The van der Waals surface area contributed by atoms with Gasteiger partial charge in [-0.2, -0.15) is 0 Å². The van der Waals surface area contributed by atoms with Crippen molar-refractivity contribution in [3.8, 4) is 5.75 Å². The number of H-pyrrole nitrogens is 1. The number of benzene rings is 2. The van der Waals surface area contributed by atoms with Gasteiger partial charge in [-0.3, -0.25) is 4.79 Å². The molecule has 2 N–H and O–H groups in total. The first-order chi connectivity index (χ1) is 11.1. The van der Waals surface area contributed by atoms with Gasteiger partial charge in [-0.25, -0.2) is 0 Å².